The lowest BCUT2D eigenvalue weighted by atomic mass is 9.43. The molecule has 1 heterocycles. The molecular weight excluding hydrogens is 1200 g/mol. The van der Waals surface area contributed by atoms with Crippen molar-refractivity contribution in [2.45, 2.75) is 171 Å². The Hall–Kier alpha value is -5.75. The first-order valence-corrected chi connectivity index (χ1v) is 23.8. The Balaban J connectivity index is 1.52. The summed E-state index contributed by atoms with van der Waals surface area (Å²) in [6.07, 6.45) is -69.6. The zero-order valence-electron chi connectivity index (χ0n) is 41.5. The van der Waals surface area contributed by atoms with Gasteiger partial charge in [-0.2, -0.15) is 92.2 Å². The van der Waals surface area contributed by atoms with E-state index in [1.165, 1.54) is 20.8 Å². The van der Waals surface area contributed by atoms with Crippen LogP contribution in [0.2, 0.25) is 0 Å². The molecule has 0 radical (unpaired) electrons. The van der Waals surface area contributed by atoms with Crippen molar-refractivity contribution in [1.29, 1.82) is 0 Å². The number of ether oxygens (including phenoxy) is 9. The highest BCUT2D eigenvalue weighted by atomic mass is 19.4. The number of hydrogen-bond acceptors (Lipinski definition) is 17. The standard InChI is InChI=1S/C44H43F21O17/c1-14(4-7-23(66)79-28-27(82-35(73)44(63,64)65)26(81-34(72)43(60,61)62)25(80-33(71)42(57,58)59)21(76-28)13-74-29(67)38(45,46)47)17-5-6-18-24-19(12-22(37(17,18)3)78-32(70)41(54,55)56)36(2)9-8-16(75-30(68)39(48,49)50)10-15(36)11-20(24)77-31(69)40(51,52)53/h14-22,24-28H,4-13H2,1-3H3/t14-,15?,16-,17-,18?,19?,20-,21-,22?,24?,25-,26+,27-,28+,36+,37-/m1/s1. The maximum Gasteiger partial charge on any atom is 0.490 e. The summed E-state index contributed by atoms with van der Waals surface area (Å²) < 4.78 is 324. The van der Waals surface area contributed by atoms with Crippen molar-refractivity contribution in [3.05, 3.63) is 0 Å². The van der Waals surface area contributed by atoms with Crippen LogP contribution in [0.25, 0.3) is 0 Å². The van der Waals surface area contributed by atoms with E-state index in [0.717, 1.165) is 0 Å². The van der Waals surface area contributed by atoms with Crippen molar-refractivity contribution < 1.29 is 173 Å². The van der Waals surface area contributed by atoms with Gasteiger partial charge in [0.1, 0.15) is 31.0 Å². The Bertz CT molecular complexity index is 2420. The molecule has 0 aromatic rings. The second-order valence-electron chi connectivity index (χ2n) is 20.4. The molecule has 38 heteroatoms. The second kappa shape index (κ2) is 23.4. The molecule has 5 fully saturated rings. The molecule has 0 N–H and O–H groups in total. The maximum atomic E-state index is 14.0. The van der Waals surface area contributed by atoms with Gasteiger partial charge < -0.3 is 42.6 Å². The predicted octanol–water partition coefficient (Wildman–Crippen LogP) is 8.50. The van der Waals surface area contributed by atoms with E-state index in [4.69, 9.17) is 18.9 Å². The minimum Gasteiger partial charge on any atom is -0.456 e. The third kappa shape index (κ3) is 14.9. The van der Waals surface area contributed by atoms with E-state index in [-0.39, 0.29) is 25.7 Å². The fraction of sp³-hybridized carbons (Fsp3) is 0.818. The molecule has 1 aliphatic heterocycles. The smallest absolute Gasteiger partial charge is 0.456 e. The van der Waals surface area contributed by atoms with Crippen LogP contribution in [0.5, 0.6) is 0 Å². The number of esters is 8. The van der Waals surface area contributed by atoms with E-state index in [0.29, 0.717) is 0 Å². The molecule has 0 spiro atoms. The number of carbonyl (C=O) groups excluding carboxylic acids is 8. The summed E-state index contributed by atoms with van der Waals surface area (Å²) in [5.41, 5.74) is -3.19. The van der Waals surface area contributed by atoms with Gasteiger partial charge in [-0.1, -0.05) is 20.8 Å². The Kier molecular flexibility index (Phi) is 19.1. The van der Waals surface area contributed by atoms with Gasteiger partial charge in [0.05, 0.1) is 0 Å². The maximum absolute atomic E-state index is 14.0. The van der Waals surface area contributed by atoms with Crippen molar-refractivity contribution >= 4 is 47.8 Å². The Morgan fingerprint density at radius 3 is 1.45 bits per heavy atom. The average Bonchev–Trinajstić information content (AvgIpc) is 3.67. The van der Waals surface area contributed by atoms with Gasteiger partial charge in [-0.25, -0.2) is 33.6 Å². The van der Waals surface area contributed by atoms with E-state index in [9.17, 15) is 131 Å². The summed E-state index contributed by atoms with van der Waals surface area (Å²) in [6.45, 7) is 1.65. The summed E-state index contributed by atoms with van der Waals surface area (Å²) in [5.74, 6) is -31.4. The average molecular weight is 1240 g/mol. The van der Waals surface area contributed by atoms with Crippen LogP contribution in [0.1, 0.15) is 78.6 Å². The molecule has 82 heavy (non-hydrogen) atoms. The molecule has 0 bridgehead atoms. The van der Waals surface area contributed by atoms with Crippen molar-refractivity contribution in [3.8, 4) is 0 Å². The molecule has 468 valence electrons. The minimum atomic E-state index is -6.33. The van der Waals surface area contributed by atoms with Crippen molar-refractivity contribution in [1.82, 2.24) is 0 Å². The van der Waals surface area contributed by atoms with Crippen LogP contribution in [0, 0.1) is 46.3 Å². The highest BCUT2D eigenvalue weighted by Gasteiger charge is 2.69. The van der Waals surface area contributed by atoms with Crippen molar-refractivity contribution in [3.63, 3.8) is 0 Å². The Labute approximate surface area is 444 Å². The summed E-state index contributed by atoms with van der Waals surface area (Å²) in [6, 6.07) is 0. The molecule has 17 nitrogen and oxygen atoms in total. The quantitative estimate of drug-likeness (QED) is 0.0958. The molecule has 16 atom stereocenters. The van der Waals surface area contributed by atoms with E-state index >= 15 is 0 Å². The molecule has 4 saturated carbocycles. The summed E-state index contributed by atoms with van der Waals surface area (Å²) in [4.78, 5) is 98.2. The van der Waals surface area contributed by atoms with Gasteiger partial charge in [0.2, 0.25) is 12.4 Å². The zero-order valence-corrected chi connectivity index (χ0v) is 41.5. The van der Waals surface area contributed by atoms with Gasteiger partial charge in [-0.15, -0.1) is 0 Å². The first kappa shape index (κ1) is 67.0. The SMILES string of the molecule is C[C@H](CCC(=O)O[C@@H]1O[C@H](COC(=O)C(F)(F)F)[C@@H](OC(=O)C(F)(F)F)[C@H](OC(=O)C(F)(F)F)[C@H]1OC(=O)C(F)(F)F)[C@H]1CCC2C3C(CC(OC(=O)C(F)(F)F)[C@@]21C)[C@@]1(C)CC[C@@H](OC(=O)C(F)(F)F)CC1C[C@H]3OC(=O)C(F)(F)F. The van der Waals surface area contributed by atoms with E-state index in [1.807, 2.05) is 0 Å². The molecule has 0 aromatic carbocycles. The highest BCUT2D eigenvalue weighted by molar-refractivity contribution is 5.79. The first-order valence-electron chi connectivity index (χ1n) is 23.8. The van der Waals surface area contributed by atoms with E-state index in [1.54, 1.807) is 0 Å². The lowest BCUT2D eigenvalue weighted by Gasteiger charge is -2.64. The lowest BCUT2D eigenvalue weighted by Crippen LogP contribution is -2.64. The molecule has 5 aliphatic rings. The fourth-order valence-electron chi connectivity index (χ4n) is 12.1. The number of hydrogen-bond donors (Lipinski definition) is 0. The van der Waals surface area contributed by atoms with Gasteiger partial charge in [-0.05, 0) is 86.4 Å². The fourth-order valence-corrected chi connectivity index (χ4v) is 12.1. The highest BCUT2D eigenvalue weighted by Crippen LogP contribution is 2.70. The van der Waals surface area contributed by atoms with Crippen LogP contribution in [0.4, 0.5) is 92.2 Å². The molecule has 4 aliphatic carbocycles. The summed E-state index contributed by atoms with van der Waals surface area (Å²) >= 11 is 0. The van der Waals surface area contributed by atoms with Crippen LogP contribution in [0.3, 0.4) is 0 Å². The molecule has 5 unspecified atom stereocenters. The molecule has 0 amide bonds. The second-order valence-corrected chi connectivity index (χ2v) is 20.4. The lowest BCUT2D eigenvalue weighted by molar-refractivity contribution is -0.315. The van der Waals surface area contributed by atoms with E-state index < -0.39 is 225 Å². The Morgan fingerprint density at radius 2 is 0.951 bits per heavy atom. The largest absolute Gasteiger partial charge is 0.490 e. The van der Waals surface area contributed by atoms with Crippen LogP contribution in [-0.2, 0) is 81.0 Å². The van der Waals surface area contributed by atoms with Crippen LogP contribution in [-0.4, -0.2) is 147 Å². The zero-order chi connectivity index (χ0) is 62.6. The number of halogens is 21. The number of rotatable bonds is 13. The summed E-state index contributed by atoms with van der Waals surface area (Å²) in [5, 5.41) is 0. The van der Waals surface area contributed by atoms with E-state index in [2.05, 4.69) is 23.7 Å². The predicted molar refractivity (Wildman–Crippen MR) is 212 cm³/mol. The van der Waals surface area contributed by atoms with Gasteiger partial charge >= 0.3 is 91.0 Å². The van der Waals surface area contributed by atoms with Crippen LogP contribution in [0.15, 0.2) is 0 Å². The normalized spacial score (nSPS) is 33.0. The third-order valence-corrected chi connectivity index (χ3v) is 15.6. The molecular formula is C44H43F21O17. The minimum absolute atomic E-state index is 0.217. The van der Waals surface area contributed by atoms with Crippen LogP contribution < -0.4 is 0 Å². The first-order chi connectivity index (χ1) is 37.0. The molecule has 1 saturated heterocycles. The van der Waals surface area contributed by atoms with Crippen molar-refractivity contribution in [2.24, 2.45) is 46.3 Å². The number of fused-ring (bicyclic) bond motifs is 5. The monoisotopic (exact) mass is 1240 g/mol. The number of alkyl halides is 21. The summed E-state index contributed by atoms with van der Waals surface area (Å²) in [7, 11) is 0. The van der Waals surface area contributed by atoms with Gasteiger partial charge in [0.25, 0.3) is 0 Å². The van der Waals surface area contributed by atoms with Gasteiger partial charge in [0, 0.05) is 17.8 Å². The number of carbonyl (C=O) groups is 8. The van der Waals surface area contributed by atoms with Crippen molar-refractivity contribution in [2.75, 3.05) is 6.61 Å². The van der Waals surface area contributed by atoms with Gasteiger partial charge in [0.15, 0.2) is 12.2 Å². The van der Waals surface area contributed by atoms with Gasteiger partial charge in [-0.3, -0.25) is 4.79 Å². The third-order valence-electron chi connectivity index (χ3n) is 15.6. The Morgan fingerprint density at radius 1 is 0.500 bits per heavy atom. The molecule has 5 rings (SSSR count). The topological polar surface area (TPSA) is 220 Å². The molecule has 0 aromatic heterocycles. The van der Waals surface area contributed by atoms with Crippen LogP contribution >= 0.6 is 0 Å².